The highest BCUT2D eigenvalue weighted by Crippen LogP contribution is 2.39. The zero-order chi connectivity index (χ0) is 23.7. The summed E-state index contributed by atoms with van der Waals surface area (Å²) in [6.45, 7) is 4.73. The van der Waals surface area contributed by atoms with Crippen LogP contribution in [0.15, 0.2) is 54.7 Å². The Labute approximate surface area is 198 Å². The monoisotopic (exact) mass is 461 g/mol. The lowest BCUT2D eigenvalue weighted by Gasteiger charge is -2.33. The highest BCUT2D eigenvalue weighted by atomic mass is 19.1. The van der Waals surface area contributed by atoms with Crippen molar-refractivity contribution in [3.05, 3.63) is 60.5 Å². The molecule has 2 aliphatic heterocycles. The molecule has 7 nitrogen and oxygen atoms in total. The maximum atomic E-state index is 15.1. The van der Waals surface area contributed by atoms with Gasteiger partial charge in [0.05, 0.1) is 5.69 Å². The van der Waals surface area contributed by atoms with Crippen LogP contribution in [0.2, 0.25) is 0 Å². The smallest absolute Gasteiger partial charge is 0.324 e. The fraction of sp³-hybridized carbons (Fsp3) is 0.308. The lowest BCUT2D eigenvalue weighted by molar-refractivity contribution is 0.207. The Morgan fingerprint density at radius 3 is 2.44 bits per heavy atom. The fourth-order valence-electron chi connectivity index (χ4n) is 4.64. The van der Waals surface area contributed by atoms with E-state index in [4.69, 9.17) is 0 Å². The summed E-state index contributed by atoms with van der Waals surface area (Å²) in [5, 5.41) is 14.5. The number of carbonyl (C=O) groups excluding carboxylic acids is 1. The van der Waals surface area contributed by atoms with Crippen molar-refractivity contribution >= 4 is 17.5 Å². The second-order valence-corrected chi connectivity index (χ2v) is 8.72. The molecule has 3 heterocycles. The zero-order valence-corrected chi connectivity index (χ0v) is 19.2. The van der Waals surface area contributed by atoms with Crippen LogP contribution in [-0.4, -0.2) is 67.3 Å². The second-order valence-electron chi connectivity index (χ2n) is 8.72. The van der Waals surface area contributed by atoms with Crippen molar-refractivity contribution in [3.63, 3.8) is 0 Å². The molecule has 1 aromatic heterocycles. The summed E-state index contributed by atoms with van der Waals surface area (Å²) in [6.07, 6.45) is 2.54. The first-order chi connectivity index (χ1) is 16.5. The number of para-hydroxylation sites is 1. The number of hydrogen-bond acceptors (Lipinski definition) is 5. The molecule has 0 spiro atoms. The van der Waals surface area contributed by atoms with Crippen LogP contribution >= 0.6 is 0 Å². The minimum absolute atomic E-state index is 0.0842. The molecule has 0 radical (unpaired) electrons. The Kier molecular flexibility index (Phi) is 6.06. The molecule has 34 heavy (non-hydrogen) atoms. The van der Waals surface area contributed by atoms with E-state index in [0.717, 1.165) is 44.0 Å². The third-order valence-corrected chi connectivity index (χ3v) is 6.52. The zero-order valence-electron chi connectivity index (χ0n) is 19.2. The molecular formula is C26H28FN5O2. The highest BCUT2D eigenvalue weighted by Gasteiger charge is 2.26. The van der Waals surface area contributed by atoms with Crippen LogP contribution in [0.5, 0.6) is 5.75 Å². The number of phenolic OH excluding ortho intramolecular Hbond substituents is 1. The molecule has 0 saturated carbocycles. The summed E-state index contributed by atoms with van der Waals surface area (Å²) in [6, 6.07) is 13.9. The Bertz CT molecular complexity index is 1210. The summed E-state index contributed by atoms with van der Waals surface area (Å²) in [4.78, 5) is 22.2. The average molecular weight is 462 g/mol. The van der Waals surface area contributed by atoms with Crippen molar-refractivity contribution in [1.29, 1.82) is 0 Å². The van der Waals surface area contributed by atoms with Gasteiger partial charge < -0.3 is 20.2 Å². The van der Waals surface area contributed by atoms with E-state index < -0.39 is 5.82 Å². The van der Waals surface area contributed by atoms with Gasteiger partial charge in [-0.05, 0) is 41.8 Å². The third-order valence-electron chi connectivity index (χ3n) is 6.52. The largest absolute Gasteiger partial charge is 0.507 e. The molecular weight excluding hydrogens is 433 g/mol. The summed E-state index contributed by atoms with van der Waals surface area (Å²) in [5.41, 5.74) is 2.85. The molecule has 0 aliphatic carbocycles. The van der Waals surface area contributed by atoms with Crippen LogP contribution in [-0.2, 0) is 0 Å². The molecule has 2 saturated heterocycles. The molecule has 0 bridgehead atoms. The van der Waals surface area contributed by atoms with E-state index in [1.54, 1.807) is 36.3 Å². The van der Waals surface area contributed by atoms with E-state index in [-0.39, 0.29) is 17.5 Å². The molecule has 5 rings (SSSR count). The molecule has 2 fully saturated rings. The van der Waals surface area contributed by atoms with Gasteiger partial charge in [-0.25, -0.2) is 14.2 Å². The Balaban J connectivity index is 1.46. The highest BCUT2D eigenvalue weighted by molar-refractivity contribution is 5.93. The van der Waals surface area contributed by atoms with E-state index >= 15 is 4.39 Å². The molecule has 0 atom stereocenters. The van der Waals surface area contributed by atoms with Crippen molar-refractivity contribution in [2.24, 2.45) is 0 Å². The van der Waals surface area contributed by atoms with Gasteiger partial charge in [0.25, 0.3) is 0 Å². The molecule has 2 aliphatic rings. The summed E-state index contributed by atoms with van der Waals surface area (Å²) >= 11 is 0. The van der Waals surface area contributed by atoms with Crippen molar-refractivity contribution in [1.82, 2.24) is 15.2 Å². The van der Waals surface area contributed by atoms with Crippen molar-refractivity contribution in [3.8, 4) is 28.0 Å². The van der Waals surface area contributed by atoms with Crippen LogP contribution in [0, 0.1) is 5.82 Å². The normalized spacial score (nSPS) is 16.8. The molecule has 3 aromatic rings. The van der Waals surface area contributed by atoms with Gasteiger partial charge in [-0.1, -0.05) is 24.3 Å². The van der Waals surface area contributed by atoms with Gasteiger partial charge in [-0.3, -0.25) is 4.90 Å². The lowest BCUT2D eigenvalue weighted by atomic mass is 9.97. The first kappa shape index (κ1) is 22.2. The number of anilines is 2. The van der Waals surface area contributed by atoms with Gasteiger partial charge >= 0.3 is 6.03 Å². The van der Waals surface area contributed by atoms with E-state index in [2.05, 4.69) is 15.2 Å². The molecule has 2 amide bonds. The number of carbonyl (C=O) groups is 1. The number of aromatic hydroxyl groups is 1. The number of rotatable bonds is 4. The number of benzene rings is 2. The second kappa shape index (κ2) is 9.30. The number of aromatic nitrogens is 1. The Hall–Kier alpha value is -3.65. The number of halogens is 1. The minimum atomic E-state index is -0.490. The van der Waals surface area contributed by atoms with E-state index in [9.17, 15) is 9.90 Å². The van der Waals surface area contributed by atoms with Gasteiger partial charge in [-0.15, -0.1) is 0 Å². The molecule has 0 unspecified atom stereocenters. The van der Waals surface area contributed by atoms with Gasteiger partial charge in [0.1, 0.15) is 17.4 Å². The summed E-state index contributed by atoms with van der Waals surface area (Å²) < 4.78 is 15.1. The number of nitrogens with one attached hydrogen (secondary N) is 1. The van der Waals surface area contributed by atoms with E-state index in [1.165, 1.54) is 11.0 Å². The molecule has 176 valence electrons. The van der Waals surface area contributed by atoms with E-state index in [1.807, 2.05) is 24.3 Å². The van der Waals surface area contributed by atoms with Gasteiger partial charge in [0, 0.05) is 63.6 Å². The summed E-state index contributed by atoms with van der Waals surface area (Å²) in [7, 11) is 1.72. The average Bonchev–Trinajstić information content (AvgIpc) is 2.87. The maximum absolute atomic E-state index is 15.1. The predicted octanol–water partition coefficient (Wildman–Crippen LogP) is 3.93. The number of phenols is 1. The Morgan fingerprint density at radius 2 is 1.71 bits per heavy atom. The van der Waals surface area contributed by atoms with Crippen LogP contribution in [0.1, 0.15) is 6.42 Å². The maximum Gasteiger partial charge on any atom is 0.324 e. The van der Waals surface area contributed by atoms with Crippen LogP contribution < -0.4 is 15.1 Å². The van der Waals surface area contributed by atoms with Crippen molar-refractivity contribution in [2.45, 2.75) is 6.42 Å². The lowest BCUT2D eigenvalue weighted by Crippen LogP contribution is -2.47. The number of hydrogen-bond donors (Lipinski definition) is 2. The molecule has 2 N–H and O–H groups in total. The van der Waals surface area contributed by atoms with Crippen molar-refractivity contribution < 1.29 is 14.3 Å². The van der Waals surface area contributed by atoms with Gasteiger partial charge in [0.15, 0.2) is 0 Å². The van der Waals surface area contributed by atoms with Gasteiger partial charge in [0.2, 0.25) is 0 Å². The topological polar surface area (TPSA) is 71.9 Å². The first-order valence-corrected chi connectivity index (χ1v) is 11.6. The van der Waals surface area contributed by atoms with Crippen LogP contribution in [0.3, 0.4) is 0 Å². The number of piperazine rings is 1. The van der Waals surface area contributed by atoms with Gasteiger partial charge in [-0.2, -0.15) is 0 Å². The Morgan fingerprint density at radius 1 is 0.971 bits per heavy atom. The van der Waals surface area contributed by atoms with Crippen LogP contribution in [0.25, 0.3) is 22.3 Å². The molecule has 2 aromatic carbocycles. The number of amides is 2. The van der Waals surface area contributed by atoms with Crippen molar-refractivity contribution in [2.75, 3.05) is 56.1 Å². The van der Waals surface area contributed by atoms with Crippen LogP contribution in [0.4, 0.5) is 20.7 Å². The predicted molar refractivity (Wildman–Crippen MR) is 132 cm³/mol. The van der Waals surface area contributed by atoms with E-state index in [0.29, 0.717) is 29.8 Å². The fourth-order valence-corrected chi connectivity index (χ4v) is 4.64. The molecule has 8 heteroatoms. The third kappa shape index (κ3) is 4.17. The standard InChI is InChI=1S/C26H28FN5O2/c1-30-12-3-13-32(26(30)34)23-7-6-18(16-22(23)27)20-4-2-5-21(25(20)33)19-8-9-29-24(17-19)31-14-10-28-11-15-31/h2,4-9,16-17,28,33H,3,10-15H2,1H3. The SMILES string of the molecule is CN1CCCN(c2ccc(-c3cccc(-c4ccnc(N5CCNCC5)c4)c3O)cc2F)C1=O. The number of pyridine rings is 1. The number of nitrogens with zero attached hydrogens (tertiary/aromatic N) is 4. The summed E-state index contributed by atoms with van der Waals surface area (Å²) in [5.74, 6) is 0.465. The minimum Gasteiger partial charge on any atom is -0.507 e. The quantitative estimate of drug-likeness (QED) is 0.616. The number of urea groups is 1. The first-order valence-electron chi connectivity index (χ1n) is 11.6.